The van der Waals surface area contributed by atoms with Crippen LogP contribution in [0.4, 0.5) is 14.5 Å². The molecule has 2 aliphatic rings. The number of hydrogen-bond donors (Lipinski definition) is 2. The third-order valence-electron chi connectivity index (χ3n) is 5.20. The van der Waals surface area contributed by atoms with Gasteiger partial charge < -0.3 is 24.4 Å². The molecule has 2 heterocycles. The average Bonchev–Trinajstić information content (AvgIpc) is 3.16. The SMILES string of the molecule is O=C(C[NH+]1CCC[C@H]1c1ccc2c(c1)OCCO2)Nc1ccc(OC(F)F)cc1. The second-order valence-electron chi connectivity index (χ2n) is 7.13. The smallest absolute Gasteiger partial charge is 0.387 e. The predicted octanol–water partition coefficient (Wildman–Crippen LogP) is 2.42. The molecular formula is C21H23F2N2O4+. The molecule has 0 bridgehead atoms. The van der Waals surface area contributed by atoms with Crippen molar-refractivity contribution >= 4 is 11.6 Å². The third-order valence-corrected chi connectivity index (χ3v) is 5.20. The Morgan fingerprint density at radius 2 is 1.90 bits per heavy atom. The number of rotatable bonds is 6. The van der Waals surface area contributed by atoms with E-state index in [-0.39, 0.29) is 17.7 Å². The lowest BCUT2D eigenvalue weighted by Crippen LogP contribution is -3.11. The first-order chi connectivity index (χ1) is 14.1. The lowest BCUT2D eigenvalue weighted by Gasteiger charge is -2.24. The van der Waals surface area contributed by atoms with Crippen LogP contribution in [0, 0.1) is 0 Å². The summed E-state index contributed by atoms with van der Waals surface area (Å²) in [6.07, 6.45) is 2.04. The van der Waals surface area contributed by atoms with Gasteiger partial charge in [-0.25, -0.2) is 0 Å². The summed E-state index contributed by atoms with van der Waals surface area (Å²) >= 11 is 0. The number of halogens is 2. The molecule has 29 heavy (non-hydrogen) atoms. The van der Waals surface area contributed by atoms with Crippen molar-refractivity contribution in [2.45, 2.75) is 25.5 Å². The molecule has 8 heteroatoms. The van der Waals surface area contributed by atoms with Crippen LogP contribution < -0.4 is 24.4 Å². The Balaban J connectivity index is 1.37. The third kappa shape index (κ3) is 4.76. The number of carbonyl (C=O) groups excluding carboxylic acids is 1. The van der Waals surface area contributed by atoms with Gasteiger partial charge in [-0.1, -0.05) is 0 Å². The van der Waals surface area contributed by atoms with Crippen LogP contribution in [0.5, 0.6) is 17.2 Å². The van der Waals surface area contributed by atoms with Gasteiger partial charge in [-0.2, -0.15) is 8.78 Å². The zero-order chi connectivity index (χ0) is 20.2. The molecule has 154 valence electrons. The minimum atomic E-state index is -2.87. The van der Waals surface area contributed by atoms with Crippen LogP contribution in [-0.4, -0.2) is 38.8 Å². The monoisotopic (exact) mass is 405 g/mol. The number of fused-ring (bicyclic) bond motifs is 1. The molecule has 2 N–H and O–H groups in total. The van der Waals surface area contributed by atoms with E-state index in [9.17, 15) is 13.6 Å². The predicted molar refractivity (Wildman–Crippen MR) is 102 cm³/mol. The van der Waals surface area contributed by atoms with Crippen molar-refractivity contribution in [1.29, 1.82) is 0 Å². The Labute approximate surface area is 167 Å². The molecule has 1 amide bonds. The number of benzene rings is 2. The van der Waals surface area contributed by atoms with Crippen molar-refractivity contribution in [3.63, 3.8) is 0 Å². The summed E-state index contributed by atoms with van der Waals surface area (Å²) in [5, 5.41) is 2.82. The van der Waals surface area contributed by atoms with Crippen LogP contribution in [0.2, 0.25) is 0 Å². The largest absolute Gasteiger partial charge is 0.486 e. The summed E-state index contributed by atoms with van der Waals surface area (Å²) in [7, 11) is 0. The van der Waals surface area contributed by atoms with Gasteiger partial charge in [-0.3, -0.25) is 4.79 Å². The van der Waals surface area contributed by atoms with E-state index in [1.165, 1.54) is 17.0 Å². The van der Waals surface area contributed by atoms with E-state index >= 15 is 0 Å². The summed E-state index contributed by atoms with van der Waals surface area (Å²) in [4.78, 5) is 13.7. The van der Waals surface area contributed by atoms with Gasteiger partial charge in [0, 0.05) is 24.1 Å². The summed E-state index contributed by atoms with van der Waals surface area (Å²) in [5.74, 6) is 1.46. The van der Waals surface area contributed by atoms with Crippen LogP contribution in [-0.2, 0) is 4.79 Å². The highest BCUT2D eigenvalue weighted by Crippen LogP contribution is 2.33. The highest BCUT2D eigenvalue weighted by atomic mass is 19.3. The molecule has 2 aliphatic heterocycles. The Morgan fingerprint density at radius 1 is 1.14 bits per heavy atom. The van der Waals surface area contributed by atoms with Gasteiger partial charge in [0.15, 0.2) is 18.0 Å². The molecule has 0 radical (unpaired) electrons. The first-order valence-corrected chi connectivity index (χ1v) is 9.67. The fourth-order valence-electron chi connectivity index (χ4n) is 3.93. The Kier molecular flexibility index (Phi) is 5.80. The summed E-state index contributed by atoms with van der Waals surface area (Å²) in [5.41, 5.74) is 1.69. The van der Waals surface area contributed by atoms with Crippen molar-refractivity contribution in [2.24, 2.45) is 0 Å². The average molecular weight is 405 g/mol. The van der Waals surface area contributed by atoms with Crippen molar-refractivity contribution in [3.8, 4) is 17.2 Å². The Bertz CT molecular complexity index is 860. The van der Waals surface area contributed by atoms with E-state index in [1.807, 2.05) is 18.2 Å². The van der Waals surface area contributed by atoms with E-state index in [1.54, 1.807) is 12.1 Å². The van der Waals surface area contributed by atoms with E-state index in [0.29, 0.717) is 25.4 Å². The number of alkyl halides is 2. The molecule has 2 atom stereocenters. The molecule has 6 nitrogen and oxygen atoms in total. The van der Waals surface area contributed by atoms with Crippen molar-refractivity contribution in [3.05, 3.63) is 48.0 Å². The lowest BCUT2D eigenvalue weighted by atomic mass is 10.0. The van der Waals surface area contributed by atoms with Crippen molar-refractivity contribution < 1.29 is 32.7 Å². The maximum absolute atomic E-state index is 12.5. The molecule has 0 aliphatic carbocycles. The number of amides is 1. The molecule has 1 saturated heterocycles. The van der Waals surface area contributed by atoms with Gasteiger partial charge in [0.05, 0.1) is 6.54 Å². The molecule has 4 rings (SSSR count). The van der Waals surface area contributed by atoms with Crippen LogP contribution in [0.15, 0.2) is 42.5 Å². The van der Waals surface area contributed by atoms with Crippen LogP contribution >= 0.6 is 0 Å². The molecule has 0 spiro atoms. The Morgan fingerprint density at radius 3 is 2.66 bits per heavy atom. The molecule has 1 fully saturated rings. The lowest BCUT2D eigenvalue weighted by molar-refractivity contribution is -0.910. The van der Waals surface area contributed by atoms with E-state index in [0.717, 1.165) is 36.4 Å². The Hall–Kier alpha value is -2.87. The highest BCUT2D eigenvalue weighted by molar-refractivity contribution is 5.91. The van der Waals surface area contributed by atoms with Gasteiger partial charge in [0.25, 0.3) is 5.91 Å². The zero-order valence-corrected chi connectivity index (χ0v) is 15.8. The van der Waals surface area contributed by atoms with Gasteiger partial charge in [-0.05, 0) is 42.5 Å². The van der Waals surface area contributed by atoms with Crippen molar-refractivity contribution in [1.82, 2.24) is 0 Å². The van der Waals surface area contributed by atoms with Crippen LogP contribution in [0.3, 0.4) is 0 Å². The summed E-state index contributed by atoms with van der Waals surface area (Å²) in [6.45, 7) is -0.530. The van der Waals surface area contributed by atoms with Crippen molar-refractivity contribution in [2.75, 3.05) is 31.6 Å². The summed E-state index contributed by atoms with van der Waals surface area (Å²) in [6, 6.07) is 12.1. The van der Waals surface area contributed by atoms with Gasteiger partial charge >= 0.3 is 6.61 Å². The van der Waals surface area contributed by atoms with Crippen LogP contribution in [0.25, 0.3) is 0 Å². The first-order valence-electron chi connectivity index (χ1n) is 9.67. The number of ether oxygens (including phenoxy) is 3. The summed E-state index contributed by atoms with van der Waals surface area (Å²) < 4.78 is 40.0. The molecule has 0 aromatic heterocycles. The first kappa shape index (κ1) is 19.4. The minimum absolute atomic E-state index is 0.0573. The zero-order valence-electron chi connectivity index (χ0n) is 15.8. The maximum atomic E-state index is 12.5. The molecule has 1 unspecified atom stereocenters. The standard InChI is InChI=1S/C21H22F2N2O4/c22-21(23)29-16-6-4-15(5-7-16)24-20(26)13-25-9-1-2-17(25)14-3-8-18-19(12-14)28-11-10-27-18/h3-8,12,17,21H,1-2,9-11,13H2,(H,24,26)/p+1/t17-/m0/s1. The number of carbonyl (C=O) groups is 1. The molecular weight excluding hydrogens is 382 g/mol. The molecule has 2 aromatic carbocycles. The topological polar surface area (TPSA) is 61.2 Å². The molecule has 2 aromatic rings. The fourth-order valence-corrected chi connectivity index (χ4v) is 3.93. The number of quaternary nitrogens is 1. The number of anilines is 1. The number of likely N-dealkylation sites (tertiary alicyclic amines) is 1. The van der Waals surface area contributed by atoms with E-state index < -0.39 is 6.61 Å². The minimum Gasteiger partial charge on any atom is -0.486 e. The van der Waals surface area contributed by atoms with Gasteiger partial charge in [-0.15, -0.1) is 0 Å². The normalized spacial score (nSPS) is 20.5. The van der Waals surface area contributed by atoms with Gasteiger partial charge in [0.2, 0.25) is 0 Å². The van der Waals surface area contributed by atoms with Crippen LogP contribution in [0.1, 0.15) is 24.4 Å². The molecule has 0 saturated carbocycles. The van der Waals surface area contributed by atoms with E-state index in [2.05, 4.69) is 10.1 Å². The number of hydrogen-bond acceptors (Lipinski definition) is 4. The quantitative estimate of drug-likeness (QED) is 0.775. The number of nitrogens with one attached hydrogen (secondary N) is 2. The van der Waals surface area contributed by atoms with Gasteiger partial charge in [0.1, 0.15) is 25.0 Å². The maximum Gasteiger partial charge on any atom is 0.387 e. The fraction of sp³-hybridized carbons (Fsp3) is 0.381. The highest BCUT2D eigenvalue weighted by Gasteiger charge is 2.32. The van der Waals surface area contributed by atoms with E-state index in [4.69, 9.17) is 9.47 Å². The second-order valence-corrected chi connectivity index (χ2v) is 7.13. The second kappa shape index (κ2) is 8.65.